The van der Waals surface area contributed by atoms with Crippen LogP contribution in [0.3, 0.4) is 0 Å². The van der Waals surface area contributed by atoms with Gasteiger partial charge < -0.3 is 19.1 Å². The zero-order valence-electron chi connectivity index (χ0n) is 11.8. The number of carbonyl (C=O) groups is 1. The lowest BCUT2D eigenvalue weighted by molar-refractivity contribution is 0.0187. The Morgan fingerprint density at radius 2 is 2.20 bits per heavy atom. The molecule has 2 aromatic rings. The maximum Gasteiger partial charge on any atom is 0.335 e. The molecule has 2 rings (SSSR count). The normalized spacial score (nSPS) is 12.8. The number of aryl methyl sites for hydroxylation is 1. The highest BCUT2D eigenvalue weighted by Gasteiger charge is 2.15. The zero-order valence-corrected chi connectivity index (χ0v) is 11.8. The van der Waals surface area contributed by atoms with E-state index in [1.165, 1.54) is 0 Å². The minimum absolute atomic E-state index is 0.107. The molecule has 0 amide bonds. The number of hydrogen-bond acceptors (Lipinski definition) is 4. The summed E-state index contributed by atoms with van der Waals surface area (Å²) in [5.74, 6) is -0.127. The highest BCUT2D eigenvalue weighted by atomic mass is 16.5. The van der Waals surface area contributed by atoms with E-state index in [0.29, 0.717) is 13.2 Å². The molecule has 1 aromatic heterocycles. The lowest BCUT2D eigenvalue weighted by Crippen LogP contribution is -2.24. The summed E-state index contributed by atoms with van der Waals surface area (Å²) in [6, 6.07) is 4.92. The zero-order chi connectivity index (χ0) is 14.7. The molecule has 6 heteroatoms. The summed E-state index contributed by atoms with van der Waals surface area (Å²) < 4.78 is 12.4. The minimum atomic E-state index is -0.947. The van der Waals surface area contributed by atoms with Gasteiger partial charge in [0.1, 0.15) is 5.82 Å². The van der Waals surface area contributed by atoms with Crippen LogP contribution in [0.5, 0.6) is 0 Å². The Hall–Kier alpha value is -1.92. The number of methoxy groups -OCH3 is 2. The second-order valence-electron chi connectivity index (χ2n) is 4.59. The number of ether oxygens (including phenoxy) is 2. The number of rotatable bonds is 6. The lowest BCUT2D eigenvalue weighted by Gasteiger charge is -2.16. The van der Waals surface area contributed by atoms with Crippen molar-refractivity contribution in [1.29, 1.82) is 0 Å². The Morgan fingerprint density at radius 3 is 2.80 bits per heavy atom. The van der Waals surface area contributed by atoms with Crippen molar-refractivity contribution in [2.45, 2.75) is 19.6 Å². The van der Waals surface area contributed by atoms with E-state index in [0.717, 1.165) is 16.9 Å². The molecular weight excluding hydrogens is 260 g/mol. The van der Waals surface area contributed by atoms with Crippen LogP contribution in [0.15, 0.2) is 18.2 Å². The number of hydrogen-bond donors (Lipinski definition) is 1. The number of nitrogens with zero attached hydrogens (tertiary/aromatic N) is 2. The van der Waals surface area contributed by atoms with Gasteiger partial charge in [-0.2, -0.15) is 0 Å². The fraction of sp³-hybridized carbons (Fsp3) is 0.429. The third kappa shape index (κ3) is 2.81. The van der Waals surface area contributed by atoms with Gasteiger partial charge in [0.05, 0.1) is 35.9 Å². The van der Waals surface area contributed by atoms with Crippen molar-refractivity contribution in [3.8, 4) is 0 Å². The number of carboxylic acids is 1. The summed E-state index contributed by atoms with van der Waals surface area (Å²) in [5, 5.41) is 9.08. The van der Waals surface area contributed by atoms with Crippen molar-refractivity contribution in [2.24, 2.45) is 0 Å². The molecule has 1 heterocycles. The van der Waals surface area contributed by atoms with E-state index in [2.05, 4.69) is 4.98 Å². The van der Waals surface area contributed by atoms with Gasteiger partial charge in [-0.1, -0.05) is 0 Å². The first-order valence-corrected chi connectivity index (χ1v) is 6.28. The average Bonchev–Trinajstić information content (AvgIpc) is 2.73. The first-order valence-electron chi connectivity index (χ1n) is 6.28. The quantitative estimate of drug-likeness (QED) is 0.870. The van der Waals surface area contributed by atoms with Crippen molar-refractivity contribution in [2.75, 3.05) is 20.8 Å². The molecule has 0 aliphatic heterocycles. The first kappa shape index (κ1) is 14.5. The van der Waals surface area contributed by atoms with Gasteiger partial charge in [0.15, 0.2) is 0 Å². The van der Waals surface area contributed by atoms with Crippen LogP contribution in [0, 0.1) is 6.92 Å². The van der Waals surface area contributed by atoms with E-state index in [1.807, 2.05) is 11.5 Å². The van der Waals surface area contributed by atoms with Crippen molar-refractivity contribution >= 4 is 17.0 Å². The molecule has 6 nitrogen and oxygen atoms in total. The van der Waals surface area contributed by atoms with E-state index >= 15 is 0 Å². The average molecular weight is 278 g/mol. The molecule has 0 aliphatic rings. The molecular formula is C14H18N2O4. The topological polar surface area (TPSA) is 73.6 Å². The van der Waals surface area contributed by atoms with E-state index in [9.17, 15) is 4.79 Å². The van der Waals surface area contributed by atoms with E-state index in [-0.39, 0.29) is 11.7 Å². The molecule has 108 valence electrons. The highest BCUT2D eigenvalue weighted by Crippen LogP contribution is 2.19. The molecule has 0 radical (unpaired) electrons. The Morgan fingerprint density at radius 1 is 1.45 bits per heavy atom. The second-order valence-corrected chi connectivity index (χ2v) is 4.59. The lowest BCUT2D eigenvalue weighted by atomic mass is 10.2. The molecule has 0 saturated carbocycles. The van der Waals surface area contributed by atoms with Gasteiger partial charge in [-0.05, 0) is 25.1 Å². The van der Waals surface area contributed by atoms with Crippen molar-refractivity contribution < 1.29 is 19.4 Å². The molecule has 0 saturated heterocycles. The highest BCUT2D eigenvalue weighted by molar-refractivity contribution is 5.92. The van der Waals surface area contributed by atoms with Gasteiger partial charge in [-0.25, -0.2) is 9.78 Å². The molecule has 0 spiro atoms. The molecule has 1 atom stereocenters. The SMILES string of the molecule is COCC(Cn1c(C)nc2ccc(C(=O)O)cc21)OC. The largest absolute Gasteiger partial charge is 0.478 e. The van der Waals surface area contributed by atoms with Crippen LogP contribution in [-0.2, 0) is 16.0 Å². The summed E-state index contributed by atoms with van der Waals surface area (Å²) in [5.41, 5.74) is 1.82. The van der Waals surface area contributed by atoms with Crippen LogP contribution in [0.4, 0.5) is 0 Å². The van der Waals surface area contributed by atoms with E-state index in [4.69, 9.17) is 14.6 Å². The van der Waals surface area contributed by atoms with Crippen LogP contribution in [-0.4, -0.2) is 47.6 Å². The van der Waals surface area contributed by atoms with Crippen LogP contribution in [0.1, 0.15) is 16.2 Å². The van der Waals surface area contributed by atoms with E-state index in [1.54, 1.807) is 32.4 Å². The molecule has 20 heavy (non-hydrogen) atoms. The second kappa shape index (κ2) is 6.02. The van der Waals surface area contributed by atoms with Gasteiger partial charge in [-0.3, -0.25) is 0 Å². The van der Waals surface area contributed by atoms with Gasteiger partial charge in [0, 0.05) is 14.2 Å². The van der Waals surface area contributed by atoms with Crippen LogP contribution < -0.4 is 0 Å². The summed E-state index contributed by atoms with van der Waals surface area (Å²) >= 11 is 0. The van der Waals surface area contributed by atoms with Crippen LogP contribution >= 0.6 is 0 Å². The molecule has 0 bridgehead atoms. The summed E-state index contributed by atoms with van der Waals surface area (Å²) in [6.07, 6.45) is -0.107. The van der Waals surface area contributed by atoms with Gasteiger partial charge in [0.25, 0.3) is 0 Å². The fourth-order valence-corrected chi connectivity index (χ4v) is 2.19. The number of aromatic carboxylic acids is 1. The summed E-state index contributed by atoms with van der Waals surface area (Å²) in [4.78, 5) is 15.5. The minimum Gasteiger partial charge on any atom is -0.478 e. The number of benzene rings is 1. The van der Waals surface area contributed by atoms with Crippen LogP contribution in [0.2, 0.25) is 0 Å². The first-order chi connectivity index (χ1) is 9.56. The Kier molecular flexibility index (Phi) is 4.36. The molecule has 0 aliphatic carbocycles. The Bertz CT molecular complexity index is 621. The maximum absolute atomic E-state index is 11.1. The van der Waals surface area contributed by atoms with Gasteiger partial charge in [0.2, 0.25) is 0 Å². The van der Waals surface area contributed by atoms with Crippen molar-refractivity contribution in [3.05, 3.63) is 29.6 Å². The number of imidazole rings is 1. The number of carboxylic acid groups (broad SMARTS) is 1. The Balaban J connectivity index is 2.42. The maximum atomic E-state index is 11.1. The molecule has 1 N–H and O–H groups in total. The number of fused-ring (bicyclic) bond motifs is 1. The van der Waals surface area contributed by atoms with Gasteiger partial charge >= 0.3 is 5.97 Å². The molecule has 1 aromatic carbocycles. The van der Waals surface area contributed by atoms with Crippen LogP contribution in [0.25, 0.3) is 11.0 Å². The van der Waals surface area contributed by atoms with Crippen molar-refractivity contribution in [1.82, 2.24) is 9.55 Å². The third-order valence-corrected chi connectivity index (χ3v) is 3.26. The van der Waals surface area contributed by atoms with E-state index < -0.39 is 5.97 Å². The standard InChI is InChI=1S/C14H18N2O4/c1-9-15-12-5-4-10(14(17)18)6-13(12)16(9)7-11(20-3)8-19-2/h4-6,11H,7-8H2,1-3H3,(H,17,18). The smallest absolute Gasteiger partial charge is 0.335 e. The Labute approximate surface area is 116 Å². The fourth-order valence-electron chi connectivity index (χ4n) is 2.19. The molecule has 1 unspecified atom stereocenters. The van der Waals surface area contributed by atoms with Gasteiger partial charge in [-0.15, -0.1) is 0 Å². The third-order valence-electron chi connectivity index (χ3n) is 3.26. The van der Waals surface area contributed by atoms with Crippen molar-refractivity contribution in [3.63, 3.8) is 0 Å². The summed E-state index contributed by atoms with van der Waals surface area (Å²) in [7, 11) is 3.24. The predicted octanol–water partition coefficient (Wildman–Crippen LogP) is 1.70. The monoisotopic (exact) mass is 278 g/mol. The molecule has 0 fully saturated rings. The summed E-state index contributed by atoms with van der Waals surface area (Å²) in [6.45, 7) is 2.92. The predicted molar refractivity (Wildman–Crippen MR) is 74.1 cm³/mol. The number of aromatic nitrogens is 2.